The highest BCUT2D eigenvalue weighted by Crippen LogP contribution is 2.12. The molecule has 0 spiro atoms. The lowest BCUT2D eigenvalue weighted by Crippen LogP contribution is -2.14. The van der Waals surface area contributed by atoms with Crippen LogP contribution in [0.25, 0.3) is 0 Å². The Morgan fingerprint density at radius 3 is 2.75 bits per heavy atom. The second kappa shape index (κ2) is 9.49. The number of hydrogen-bond acceptors (Lipinski definition) is 2. The summed E-state index contributed by atoms with van der Waals surface area (Å²) in [6.07, 6.45) is 3.85. The Labute approximate surface area is 105 Å². The fourth-order valence-electron chi connectivity index (χ4n) is 1.52. The summed E-state index contributed by atoms with van der Waals surface area (Å²) in [7, 11) is 1.70. The van der Waals surface area contributed by atoms with Crippen LogP contribution in [0.4, 0.5) is 0 Å². The van der Waals surface area contributed by atoms with Crippen LogP contribution in [0, 0.1) is 0 Å². The van der Waals surface area contributed by atoms with Crippen molar-refractivity contribution in [2.24, 2.45) is 0 Å². The summed E-state index contributed by atoms with van der Waals surface area (Å²) < 4.78 is 5.17. The number of nitrogens with one attached hydrogen (secondary N) is 1. The fraction of sp³-hybridized carbons (Fsp3) is 0.538. The first-order valence-corrected chi connectivity index (χ1v) is 5.70. The number of hydrogen-bond donors (Lipinski definition) is 1. The van der Waals surface area contributed by atoms with Crippen molar-refractivity contribution in [3.8, 4) is 5.75 Å². The van der Waals surface area contributed by atoms with Crippen molar-refractivity contribution in [1.29, 1.82) is 0 Å². The number of rotatable bonds is 7. The van der Waals surface area contributed by atoms with Gasteiger partial charge in [0.1, 0.15) is 5.75 Å². The monoisotopic (exact) mass is 243 g/mol. The standard InChI is InChI=1S/C13H21NO.ClH/c1-3-4-5-9-14-11-12-7-6-8-13(10-12)15-2;/h6-8,10,14H,3-5,9,11H2,1-2H3;1H. The summed E-state index contributed by atoms with van der Waals surface area (Å²) in [6, 6.07) is 8.20. The largest absolute Gasteiger partial charge is 0.497 e. The molecule has 1 aromatic carbocycles. The highest BCUT2D eigenvalue weighted by Gasteiger charge is 1.94. The van der Waals surface area contributed by atoms with Crippen molar-refractivity contribution >= 4 is 12.4 Å². The Balaban J connectivity index is 0.00000225. The second-order valence-corrected chi connectivity index (χ2v) is 3.74. The van der Waals surface area contributed by atoms with Crippen LogP contribution in [-0.2, 0) is 6.54 Å². The third-order valence-electron chi connectivity index (χ3n) is 2.42. The molecule has 0 aliphatic heterocycles. The first-order valence-electron chi connectivity index (χ1n) is 5.70. The molecule has 0 aromatic heterocycles. The van der Waals surface area contributed by atoms with E-state index in [0.29, 0.717) is 0 Å². The molecule has 0 heterocycles. The SMILES string of the molecule is CCCCCNCc1cccc(OC)c1.Cl. The summed E-state index contributed by atoms with van der Waals surface area (Å²) in [6.45, 7) is 4.26. The van der Waals surface area contributed by atoms with Gasteiger partial charge in [-0.2, -0.15) is 0 Å². The topological polar surface area (TPSA) is 21.3 Å². The molecule has 2 nitrogen and oxygen atoms in total. The van der Waals surface area contributed by atoms with Gasteiger partial charge in [0.05, 0.1) is 7.11 Å². The first-order chi connectivity index (χ1) is 7.36. The number of ether oxygens (including phenoxy) is 1. The molecule has 0 unspecified atom stereocenters. The number of unbranched alkanes of at least 4 members (excludes halogenated alkanes) is 2. The first kappa shape index (κ1) is 15.3. The minimum absolute atomic E-state index is 0. The molecule has 0 radical (unpaired) electrons. The molecular formula is C13H22ClNO. The Morgan fingerprint density at radius 1 is 1.25 bits per heavy atom. The number of methoxy groups -OCH3 is 1. The van der Waals surface area contributed by atoms with Gasteiger partial charge in [-0.05, 0) is 30.7 Å². The summed E-state index contributed by atoms with van der Waals surface area (Å²) in [4.78, 5) is 0. The van der Waals surface area contributed by atoms with Crippen LogP contribution in [0.15, 0.2) is 24.3 Å². The lowest BCUT2D eigenvalue weighted by Gasteiger charge is -2.06. The van der Waals surface area contributed by atoms with Crippen LogP contribution in [-0.4, -0.2) is 13.7 Å². The molecule has 0 fully saturated rings. The molecule has 0 amide bonds. The maximum atomic E-state index is 5.17. The van der Waals surface area contributed by atoms with Gasteiger partial charge in [0.15, 0.2) is 0 Å². The third-order valence-corrected chi connectivity index (χ3v) is 2.42. The zero-order valence-corrected chi connectivity index (χ0v) is 11.0. The Kier molecular flexibility index (Phi) is 9.06. The lowest BCUT2D eigenvalue weighted by atomic mass is 10.2. The summed E-state index contributed by atoms with van der Waals surface area (Å²) >= 11 is 0. The van der Waals surface area contributed by atoms with E-state index in [1.165, 1.54) is 24.8 Å². The van der Waals surface area contributed by atoms with Crippen molar-refractivity contribution in [3.05, 3.63) is 29.8 Å². The van der Waals surface area contributed by atoms with E-state index in [-0.39, 0.29) is 12.4 Å². The molecular weight excluding hydrogens is 222 g/mol. The van der Waals surface area contributed by atoms with Gasteiger partial charge in [-0.25, -0.2) is 0 Å². The van der Waals surface area contributed by atoms with Crippen molar-refractivity contribution in [2.45, 2.75) is 32.7 Å². The van der Waals surface area contributed by atoms with Crippen molar-refractivity contribution in [3.63, 3.8) is 0 Å². The average molecular weight is 244 g/mol. The van der Waals surface area contributed by atoms with Crippen LogP contribution >= 0.6 is 12.4 Å². The molecule has 0 saturated carbocycles. The summed E-state index contributed by atoms with van der Waals surface area (Å²) in [5, 5.41) is 3.43. The van der Waals surface area contributed by atoms with E-state index < -0.39 is 0 Å². The van der Waals surface area contributed by atoms with E-state index in [9.17, 15) is 0 Å². The maximum absolute atomic E-state index is 5.17. The van der Waals surface area contributed by atoms with Crippen LogP contribution in [0.1, 0.15) is 31.7 Å². The van der Waals surface area contributed by atoms with Crippen molar-refractivity contribution in [1.82, 2.24) is 5.32 Å². The minimum atomic E-state index is 0. The maximum Gasteiger partial charge on any atom is 0.119 e. The molecule has 0 aliphatic carbocycles. The molecule has 0 bridgehead atoms. The van der Waals surface area contributed by atoms with Gasteiger partial charge in [0.25, 0.3) is 0 Å². The summed E-state index contributed by atoms with van der Waals surface area (Å²) in [5.74, 6) is 0.933. The van der Waals surface area contributed by atoms with E-state index in [1.807, 2.05) is 12.1 Å². The second-order valence-electron chi connectivity index (χ2n) is 3.74. The molecule has 92 valence electrons. The van der Waals surface area contributed by atoms with Crippen LogP contribution in [0.2, 0.25) is 0 Å². The summed E-state index contributed by atoms with van der Waals surface area (Å²) in [5.41, 5.74) is 1.28. The zero-order chi connectivity index (χ0) is 10.9. The Hall–Kier alpha value is -0.730. The quantitative estimate of drug-likeness (QED) is 0.742. The highest BCUT2D eigenvalue weighted by molar-refractivity contribution is 5.85. The highest BCUT2D eigenvalue weighted by atomic mass is 35.5. The van der Waals surface area contributed by atoms with E-state index in [4.69, 9.17) is 4.74 Å². The van der Waals surface area contributed by atoms with Crippen LogP contribution in [0.3, 0.4) is 0 Å². The van der Waals surface area contributed by atoms with Gasteiger partial charge in [-0.3, -0.25) is 0 Å². The smallest absolute Gasteiger partial charge is 0.119 e. The van der Waals surface area contributed by atoms with Crippen LogP contribution in [0.5, 0.6) is 5.75 Å². The Bertz CT molecular complexity index is 278. The molecule has 1 rings (SSSR count). The predicted octanol–water partition coefficient (Wildman–Crippen LogP) is 3.40. The Morgan fingerprint density at radius 2 is 2.06 bits per heavy atom. The van der Waals surface area contributed by atoms with Crippen LogP contribution < -0.4 is 10.1 Å². The van der Waals surface area contributed by atoms with Gasteiger partial charge < -0.3 is 10.1 Å². The molecule has 0 aliphatic rings. The number of halogens is 1. The zero-order valence-electron chi connectivity index (χ0n) is 10.2. The van der Waals surface area contributed by atoms with Gasteiger partial charge in [-0.15, -0.1) is 12.4 Å². The third kappa shape index (κ3) is 5.99. The fourth-order valence-corrected chi connectivity index (χ4v) is 1.52. The average Bonchev–Trinajstić information content (AvgIpc) is 2.29. The van der Waals surface area contributed by atoms with Crippen molar-refractivity contribution in [2.75, 3.05) is 13.7 Å². The van der Waals surface area contributed by atoms with Gasteiger partial charge in [-0.1, -0.05) is 31.9 Å². The lowest BCUT2D eigenvalue weighted by molar-refractivity contribution is 0.414. The molecule has 0 saturated heterocycles. The number of benzene rings is 1. The van der Waals surface area contributed by atoms with E-state index >= 15 is 0 Å². The van der Waals surface area contributed by atoms with E-state index in [0.717, 1.165) is 18.8 Å². The van der Waals surface area contributed by atoms with Gasteiger partial charge in [0.2, 0.25) is 0 Å². The van der Waals surface area contributed by atoms with E-state index in [2.05, 4.69) is 24.4 Å². The molecule has 1 aromatic rings. The normalized spacial score (nSPS) is 9.62. The molecule has 1 N–H and O–H groups in total. The molecule has 16 heavy (non-hydrogen) atoms. The van der Waals surface area contributed by atoms with Gasteiger partial charge in [0, 0.05) is 6.54 Å². The predicted molar refractivity (Wildman–Crippen MR) is 71.5 cm³/mol. The van der Waals surface area contributed by atoms with E-state index in [1.54, 1.807) is 7.11 Å². The minimum Gasteiger partial charge on any atom is -0.497 e. The molecule has 0 atom stereocenters. The van der Waals surface area contributed by atoms with Gasteiger partial charge >= 0.3 is 0 Å². The molecule has 3 heteroatoms. The van der Waals surface area contributed by atoms with Crippen molar-refractivity contribution < 1.29 is 4.74 Å².